The number of rotatable bonds is 8. The van der Waals surface area contributed by atoms with E-state index in [1.54, 1.807) is 0 Å². The van der Waals surface area contributed by atoms with Crippen LogP contribution in [-0.4, -0.2) is 38.6 Å². The van der Waals surface area contributed by atoms with Gasteiger partial charge in [0.25, 0.3) is 0 Å². The second-order valence-electron chi connectivity index (χ2n) is 6.70. The summed E-state index contributed by atoms with van der Waals surface area (Å²) in [6.45, 7) is 3.66. The predicted octanol–water partition coefficient (Wildman–Crippen LogP) is 4.23. The Morgan fingerprint density at radius 1 is 1.09 bits per heavy atom. The molecule has 1 saturated heterocycles. The van der Waals surface area contributed by atoms with Crippen LogP contribution in [-0.2, 0) is 0 Å². The molecule has 0 aromatic heterocycles. The first-order valence-electron chi connectivity index (χ1n) is 8.40. The van der Waals surface area contributed by atoms with E-state index in [1.165, 1.54) is 63.8 Å². The van der Waals surface area contributed by atoms with Crippen LogP contribution in [0.15, 0.2) is 24.3 Å². The van der Waals surface area contributed by atoms with Crippen molar-refractivity contribution in [1.82, 2.24) is 4.90 Å². The molecule has 0 spiro atoms. The van der Waals surface area contributed by atoms with E-state index < -0.39 is 0 Å². The van der Waals surface area contributed by atoms with Crippen molar-refractivity contribution in [1.29, 1.82) is 0 Å². The molecular weight excluding hydrogens is 385 g/mol. The normalized spacial score (nSPS) is 17.8. The Kier molecular flexibility index (Phi) is 9.17. The molecule has 1 fully saturated rings. The second kappa shape index (κ2) is 10.3. The van der Waals surface area contributed by atoms with Crippen LogP contribution in [0.1, 0.15) is 38.5 Å². The number of unbranched alkanes of at least 4 members (excludes halogenated alkanes) is 3. The summed E-state index contributed by atoms with van der Waals surface area (Å²) in [6.07, 6.45) is 8.26. The molecule has 126 valence electrons. The highest BCUT2D eigenvalue weighted by Crippen LogP contribution is 2.27. The van der Waals surface area contributed by atoms with Gasteiger partial charge in [0.15, 0.2) is 0 Å². The molecule has 0 radical (unpaired) electrons. The van der Waals surface area contributed by atoms with Crippen molar-refractivity contribution in [3.8, 4) is 0 Å². The van der Waals surface area contributed by atoms with Gasteiger partial charge in [-0.25, -0.2) is 0 Å². The smallest absolute Gasteiger partial charge is 0.0367 e. The molecule has 1 aliphatic rings. The maximum absolute atomic E-state index is 5.76. The molecule has 2 N–H and O–H groups in total. The van der Waals surface area contributed by atoms with Crippen molar-refractivity contribution in [2.45, 2.75) is 38.5 Å². The average Bonchev–Trinajstić information content (AvgIpc) is 2.92. The first-order chi connectivity index (χ1) is 10.1. The number of hydrogen-bond acceptors (Lipinski definition) is 3. The SMILES string of the molecule is CN(C)CCCCCCC1CCN(c2ccc(N)cc2)C1.I. The van der Waals surface area contributed by atoms with E-state index in [1.807, 2.05) is 12.1 Å². The van der Waals surface area contributed by atoms with Crippen molar-refractivity contribution in [2.75, 3.05) is 44.4 Å². The van der Waals surface area contributed by atoms with E-state index in [2.05, 4.69) is 36.0 Å². The molecule has 1 heterocycles. The van der Waals surface area contributed by atoms with E-state index in [0.717, 1.165) is 11.6 Å². The predicted molar refractivity (Wildman–Crippen MR) is 108 cm³/mol. The summed E-state index contributed by atoms with van der Waals surface area (Å²) in [5, 5.41) is 0. The van der Waals surface area contributed by atoms with E-state index in [0.29, 0.717) is 0 Å². The third kappa shape index (κ3) is 6.73. The van der Waals surface area contributed by atoms with Crippen LogP contribution in [0.25, 0.3) is 0 Å². The zero-order chi connectivity index (χ0) is 15.1. The number of benzene rings is 1. The van der Waals surface area contributed by atoms with Gasteiger partial charge in [0.1, 0.15) is 0 Å². The lowest BCUT2D eigenvalue weighted by molar-refractivity contribution is 0.386. The minimum Gasteiger partial charge on any atom is -0.399 e. The van der Waals surface area contributed by atoms with Crippen molar-refractivity contribution in [3.05, 3.63) is 24.3 Å². The quantitative estimate of drug-likeness (QED) is 0.391. The molecule has 0 aliphatic carbocycles. The van der Waals surface area contributed by atoms with E-state index >= 15 is 0 Å². The monoisotopic (exact) mass is 417 g/mol. The Labute approximate surface area is 153 Å². The van der Waals surface area contributed by atoms with Crippen LogP contribution in [0.5, 0.6) is 0 Å². The number of hydrogen-bond donors (Lipinski definition) is 1. The Morgan fingerprint density at radius 3 is 2.45 bits per heavy atom. The highest BCUT2D eigenvalue weighted by Gasteiger charge is 2.21. The summed E-state index contributed by atoms with van der Waals surface area (Å²) in [7, 11) is 4.31. The summed E-state index contributed by atoms with van der Waals surface area (Å²) in [4.78, 5) is 4.79. The Balaban J connectivity index is 0.00000242. The highest BCUT2D eigenvalue weighted by molar-refractivity contribution is 14.0. The standard InChI is InChI=1S/C18H31N3.HI/c1-20(2)13-6-4-3-5-7-16-12-14-21(15-16)18-10-8-17(19)9-11-18;/h8-11,16H,3-7,12-15,19H2,1-2H3;1H. The van der Waals surface area contributed by atoms with Gasteiger partial charge in [-0.2, -0.15) is 0 Å². The minimum atomic E-state index is 0. The molecule has 4 heteroatoms. The summed E-state index contributed by atoms with van der Waals surface area (Å²) < 4.78 is 0. The molecule has 1 aliphatic heterocycles. The van der Waals surface area contributed by atoms with Gasteiger partial charge in [0, 0.05) is 24.5 Å². The summed E-state index contributed by atoms with van der Waals surface area (Å²) in [5.41, 5.74) is 7.94. The van der Waals surface area contributed by atoms with E-state index in [-0.39, 0.29) is 24.0 Å². The van der Waals surface area contributed by atoms with Crippen LogP contribution in [0.3, 0.4) is 0 Å². The van der Waals surface area contributed by atoms with Gasteiger partial charge in [-0.05, 0) is 70.1 Å². The second-order valence-corrected chi connectivity index (χ2v) is 6.70. The number of nitrogen functional groups attached to an aromatic ring is 1. The van der Waals surface area contributed by atoms with Gasteiger partial charge in [-0.1, -0.05) is 19.3 Å². The molecule has 0 bridgehead atoms. The first kappa shape index (κ1) is 19.6. The van der Waals surface area contributed by atoms with Crippen LogP contribution < -0.4 is 10.6 Å². The zero-order valence-electron chi connectivity index (χ0n) is 14.1. The third-order valence-corrected chi connectivity index (χ3v) is 4.51. The third-order valence-electron chi connectivity index (χ3n) is 4.51. The minimum absolute atomic E-state index is 0. The number of anilines is 2. The van der Waals surface area contributed by atoms with Gasteiger partial charge in [-0.15, -0.1) is 24.0 Å². The van der Waals surface area contributed by atoms with Gasteiger partial charge in [0.2, 0.25) is 0 Å². The average molecular weight is 417 g/mol. The van der Waals surface area contributed by atoms with Crippen molar-refractivity contribution in [3.63, 3.8) is 0 Å². The molecule has 1 atom stereocenters. The Hall–Kier alpha value is -0.490. The van der Waals surface area contributed by atoms with Gasteiger partial charge in [0.05, 0.1) is 0 Å². The maximum Gasteiger partial charge on any atom is 0.0367 e. The van der Waals surface area contributed by atoms with Crippen LogP contribution in [0.4, 0.5) is 11.4 Å². The first-order valence-corrected chi connectivity index (χ1v) is 8.40. The van der Waals surface area contributed by atoms with Gasteiger partial charge in [-0.3, -0.25) is 0 Å². The summed E-state index contributed by atoms with van der Waals surface area (Å²) in [6, 6.07) is 8.32. The molecule has 1 aromatic rings. The summed E-state index contributed by atoms with van der Waals surface area (Å²) >= 11 is 0. The van der Waals surface area contributed by atoms with Gasteiger partial charge < -0.3 is 15.5 Å². The lowest BCUT2D eigenvalue weighted by Crippen LogP contribution is -2.19. The Bertz CT molecular complexity index is 405. The number of nitrogens with two attached hydrogens (primary N) is 1. The molecule has 1 aromatic carbocycles. The summed E-state index contributed by atoms with van der Waals surface area (Å²) in [5.74, 6) is 0.886. The number of halogens is 1. The molecule has 2 rings (SSSR count). The highest BCUT2D eigenvalue weighted by atomic mass is 127. The van der Waals surface area contributed by atoms with Gasteiger partial charge >= 0.3 is 0 Å². The molecule has 0 amide bonds. The van der Waals surface area contributed by atoms with Crippen LogP contribution >= 0.6 is 24.0 Å². The fourth-order valence-corrected chi connectivity index (χ4v) is 3.20. The van der Waals surface area contributed by atoms with Crippen LogP contribution in [0, 0.1) is 5.92 Å². The molecule has 0 saturated carbocycles. The van der Waals surface area contributed by atoms with Crippen molar-refractivity contribution in [2.24, 2.45) is 5.92 Å². The maximum atomic E-state index is 5.76. The molecule has 3 nitrogen and oxygen atoms in total. The lowest BCUT2D eigenvalue weighted by Gasteiger charge is -2.19. The molecular formula is C18H32IN3. The molecule has 22 heavy (non-hydrogen) atoms. The van der Waals surface area contributed by atoms with Crippen molar-refractivity contribution < 1.29 is 0 Å². The zero-order valence-corrected chi connectivity index (χ0v) is 16.5. The number of nitrogens with zero attached hydrogens (tertiary/aromatic N) is 2. The molecule has 1 unspecified atom stereocenters. The lowest BCUT2D eigenvalue weighted by atomic mass is 10.00. The van der Waals surface area contributed by atoms with E-state index in [9.17, 15) is 0 Å². The Morgan fingerprint density at radius 2 is 1.77 bits per heavy atom. The van der Waals surface area contributed by atoms with E-state index in [4.69, 9.17) is 5.73 Å². The largest absolute Gasteiger partial charge is 0.399 e. The fourth-order valence-electron chi connectivity index (χ4n) is 3.20. The van der Waals surface area contributed by atoms with Crippen LogP contribution in [0.2, 0.25) is 0 Å². The van der Waals surface area contributed by atoms with Crippen molar-refractivity contribution >= 4 is 35.4 Å². The topological polar surface area (TPSA) is 32.5 Å². The fraction of sp³-hybridized carbons (Fsp3) is 0.667.